The molecule has 0 radical (unpaired) electrons. The van der Waals surface area contributed by atoms with Crippen molar-refractivity contribution in [1.29, 1.82) is 0 Å². The summed E-state index contributed by atoms with van der Waals surface area (Å²) in [7, 11) is 0. The number of carbonyl (C=O) groups excluding carboxylic acids is 2. The first-order chi connectivity index (χ1) is 12.5. The van der Waals surface area contributed by atoms with Crippen molar-refractivity contribution in [3.8, 4) is 5.75 Å². The third-order valence-corrected chi connectivity index (χ3v) is 5.41. The van der Waals surface area contributed by atoms with Gasteiger partial charge in [0.25, 0.3) is 0 Å². The third-order valence-electron chi connectivity index (χ3n) is 5.41. The Bertz CT molecular complexity index is 658. The highest BCUT2D eigenvalue weighted by molar-refractivity contribution is 5.94. The Balaban J connectivity index is 0.00000261. The fraction of sp³-hybridized carbons (Fsp3) is 0.600. The molecule has 3 rings (SSSR count). The van der Waals surface area contributed by atoms with Crippen LogP contribution >= 0.6 is 12.4 Å². The van der Waals surface area contributed by atoms with Gasteiger partial charge in [-0.05, 0) is 62.3 Å². The summed E-state index contributed by atoms with van der Waals surface area (Å²) in [5.41, 5.74) is 7.93. The number of nitrogens with two attached hydrogens (primary N) is 1. The summed E-state index contributed by atoms with van der Waals surface area (Å²) in [5, 5.41) is 2.86. The van der Waals surface area contributed by atoms with Crippen LogP contribution in [0.2, 0.25) is 0 Å². The SMILES string of the molecule is CC(N)C1CCN(C(=O)CCCOc2ccc3c(c2)CCC(=O)N3)CC1.Cl. The summed E-state index contributed by atoms with van der Waals surface area (Å²) < 4.78 is 5.79. The van der Waals surface area contributed by atoms with Gasteiger partial charge in [0.2, 0.25) is 11.8 Å². The Hall–Kier alpha value is -1.79. The summed E-state index contributed by atoms with van der Waals surface area (Å²) in [4.78, 5) is 25.6. The van der Waals surface area contributed by atoms with Gasteiger partial charge in [-0.15, -0.1) is 12.4 Å². The number of anilines is 1. The number of carbonyl (C=O) groups is 2. The van der Waals surface area contributed by atoms with Crippen LogP contribution in [0.25, 0.3) is 0 Å². The van der Waals surface area contributed by atoms with Crippen LogP contribution < -0.4 is 15.8 Å². The minimum absolute atomic E-state index is 0. The lowest BCUT2D eigenvalue weighted by molar-refractivity contribution is -0.132. The lowest BCUT2D eigenvalue weighted by Gasteiger charge is -2.33. The molecule has 0 bridgehead atoms. The number of rotatable bonds is 6. The zero-order chi connectivity index (χ0) is 18.5. The van der Waals surface area contributed by atoms with Gasteiger partial charge < -0.3 is 20.7 Å². The van der Waals surface area contributed by atoms with Crippen molar-refractivity contribution < 1.29 is 14.3 Å². The van der Waals surface area contributed by atoms with E-state index in [2.05, 4.69) is 5.32 Å². The van der Waals surface area contributed by atoms with Gasteiger partial charge >= 0.3 is 0 Å². The van der Waals surface area contributed by atoms with Crippen LogP contribution in [-0.2, 0) is 16.0 Å². The molecule has 0 aliphatic carbocycles. The van der Waals surface area contributed by atoms with Crippen molar-refractivity contribution in [1.82, 2.24) is 4.90 Å². The number of piperidine rings is 1. The Labute approximate surface area is 167 Å². The monoisotopic (exact) mass is 395 g/mol. The zero-order valence-electron chi connectivity index (χ0n) is 15.9. The Kier molecular flexibility index (Phi) is 7.92. The second-order valence-corrected chi connectivity index (χ2v) is 7.40. The fourth-order valence-electron chi connectivity index (χ4n) is 3.70. The van der Waals surface area contributed by atoms with E-state index in [1.807, 2.05) is 30.0 Å². The largest absolute Gasteiger partial charge is 0.494 e. The Morgan fingerprint density at radius 3 is 2.78 bits per heavy atom. The normalized spacial score (nSPS) is 18.1. The number of amides is 2. The molecule has 6 nitrogen and oxygen atoms in total. The molecule has 0 saturated carbocycles. The number of hydrogen-bond donors (Lipinski definition) is 2. The number of halogens is 1. The zero-order valence-corrected chi connectivity index (χ0v) is 16.7. The quantitative estimate of drug-likeness (QED) is 0.725. The molecule has 2 amide bonds. The molecule has 1 unspecified atom stereocenters. The van der Waals surface area contributed by atoms with E-state index in [9.17, 15) is 9.59 Å². The molecule has 2 heterocycles. The molecular weight excluding hydrogens is 366 g/mol. The van der Waals surface area contributed by atoms with E-state index in [1.54, 1.807) is 0 Å². The Morgan fingerprint density at radius 2 is 2.07 bits per heavy atom. The summed E-state index contributed by atoms with van der Waals surface area (Å²) in [6.07, 6.45) is 4.50. The first-order valence-corrected chi connectivity index (χ1v) is 9.62. The van der Waals surface area contributed by atoms with Gasteiger partial charge in [0.1, 0.15) is 5.75 Å². The highest BCUT2D eigenvalue weighted by Gasteiger charge is 2.24. The summed E-state index contributed by atoms with van der Waals surface area (Å²) >= 11 is 0. The smallest absolute Gasteiger partial charge is 0.224 e. The van der Waals surface area contributed by atoms with Crippen molar-refractivity contribution >= 4 is 29.9 Å². The highest BCUT2D eigenvalue weighted by atomic mass is 35.5. The van der Waals surface area contributed by atoms with Crippen LogP contribution in [0.3, 0.4) is 0 Å². The second-order valence-electron chi connectivity index (χ2n) is 7.40. The van der Waals surface area contributed by atoms with E-state index in [4.69, 9.17) is 10.5 Å². The first-order valence-electron chi connectivity index (χ1n) is 9.62. The summed E-state index contributed by atoms with van der Waals surface area (Å²) in [6, 6.07) is 5.95. The van der Waals surface area contributed by atoms with Crippen molar-refractivity contribution in [2.75, 3.05) is 25.0 Å². The maximum Gasteiger partial charge on any atom is 0.224 e. The molecule has 0 spiro atoms. The van der Waals surface area contributed by atoms with Gasteiger partial charge in [-0.2, -0.15) is 0 Å². The third kappa shape index (κ3) is 5.84. The number of fused-ring (bicyclic) bond motifs is 1. The number of ether oxygens (including phenoxy) is 1. The van der Waals surface area contributed by atoms with Crippen LogP contribution in [0.15, 0.2) is 18.2 Å². The van der Waals surface area contributed by atoms with Gasteiger partial charge in [0.15, 0.2) is 0 Å². The molecule has 1 atom stereocenters. The summed E-state index contributed by atoms with van der Waals surface area (Å²) in [6.45, 7) is 4.21. The average Bonchev–Trinajstić information content (AvgIpc) is 2.65. The maximum absolute atomic E-state index is 12.3. The van der Waals surface area contributed by atoms with E-state index in [0.29, 0.717) is 31.8 Å². The molecule has 1 fully saturated rings. The van der Waals surface area contributed by atoms with Gasteiger partial charge in [-0.1, -0.05) is 0 Å². The van der Waals surface area contributed by atoms with Crippen molar-refractivity contribution in [3.05, 3.63) is 23.8 Å². The van der Waals surface area contributed by atoms with E-state index in [0.717, 1.165) is 49.4 Å². The standard InChI is InChI=1S/C20H29N3O3.ClH/c1-14(21)15-8-10-23(11-9-15)20(25)3-2-12-26-17-5-6-18-16(13-17)4-7-19(24)22-18;/h5-6,13-15H,2-4,7-12,21H2,1H3,(H,22,24);1H. The lowest BCUT2D eigenvalue weighted by atomic mass is 9.91. The van der Waals surface area contributed by atoms with Crippen LogP contribution in [0.5, 0.6) is 5.75 Å². The minimum atomic E-state index is 0. The van der Waals surface area contributed by atoms with E-state index in [1.165, 1.54) is 0 Å². The maximum atomic E-state index is 12.3. The predicted molar refractivity (Wildman–Crippen MR) is 108 cm³/mol. The van der Waals surface area contributed by atoms with Crippen molar-refractivity contribution in [2.24, 2.45) is 11.7 Å². The van der Waals surface area contributed by atoms with Gasteiger partial charge in [-0.3, -0.25) is 9.59 Å². The molecule has 2 aliphatic rings. The molecule has 27 heavy (non-hydrogen) atoms. The van der Waals surface area contributed by atoms with Gasteiger partial charge in [-0.25, -0.2) is 0 Å². The highest BCUT2D eigenvalue weighted by Crippen LogP contribution is 2.27. The number of likely N-dealkylation sites (tertiary alicyclic amines) is 1. The predicted octanol–water partition coefficient (Wildman–Crippen LogP) is 2.74. The topological polar surface area (TPSA) is 84.7 Å². The molecule has 2 aliphatic heterocycles. The van der Waals surface area contributed by atoms with Gasteiger partial charge in [0.05, 0.1) is 6.61 Å². The number of nitrogens with one attached hydrogen (secondary N) is 1. The lowest BCUT2D eigenvalue weighted by Crippen LogP contribution is -2.42. The average molecular weight is 396 g/mol. The van der Waals surface area contributed by atoms with Crippen molar-refractivity contribution in [3.63, 3.8) is 0 Å². The molecule has 1 aromatic rings. The van der Waals surface area contributed by atoms with Crippen LogP contribution in [-0.4, -0.2) is 42.5 Å². The molecule has 0 aromatic heterocycles. The molecule has 3 N–H and O–H groups in total. The minimum Gasteiger partial charge on any atom is -0.494 e. The Morgan fingerprint density at radius 1 is 1.33 bits per heavy atom. The molecular formula is C20H30ClN3O3. The van der Waals surface area contributed by atoms with Crippen LogP contribution in [0.1, 0.15) is 44.6 Å². The number of hydrogen-bond acceptors (Lipinski definition) is 4. The summed E-state index contributed by atoms with van der Waals surface area (Å²) in [5.74, 6) is 1.61. The number of nitrogens with zero attached hydrogens (tertiary/aromatic N) is 1. The first kappa shape index (κ1) is 21.5. The van der Waals surface area contributed by atoms with E-state index >= 15 is 0 Å². The van der Waals surface area contributed by atoms with Crippen molar-refractivity contribution in [2.45, 2.75) is 51.5 Å². The van der Waals surface area contributed by atoms with Crippen LogP contribution in [0.4, 0.5) is 5.69 Å². The molecule has 7 heteroatoms. The van der Waals surface area contributed by atoms with E-state index in [-0.39, 0.29) is 30.3 Å². The van der Waals surface area contributed by atoms with Gasteiger partial charge in [0, 0.05) is 37.7 Å². The fourth-order valence-corrected chi connectivity index (χ4v) is 3.70. The van der Waals surface area contributed by atoms with E-state index < -0.39 is 0 Å². The second kappa shape index (κ2) is 9.95. The number of aryl methyl sites for hydroxylation is 1. The molecule has 1 aromatic carbocycles. The molecule has 1 saturated heterocycles. The number of benzene rings is 1. The van der Waals surface area contributed by atoms with Crippen LogP contribution in [0, 0.1) is 5.92 Å². The molecule has 150 valence electrons.